The van der Waals surface area contributed by atoms with Gasteiger partial charge in [0.2, 0.25) is 5.91 Å². The first-order valence-electron chi connectivity index (χ1n) is 4.54. The molecule has 0 radical (unpaired) electrons. The van der Waals surface area contributed by atoms with E-state index < -0.39 is 18.2 Å². The molecule has 100 valence electrons. The van der Waals surface area contributed by atoms with Crippen LogP contribution in [0.25, 0.3) is 0 Å². The molecule has 0 saturated carbocycles. The van der Waals surface area contributed by atoms with Crippen LogP contribution < -0.4 is 5.73 Å². The molecule has 0 aromatic heterocycles. The first-order valence-corrected chi connectivity index (χ1v) is 4.54. The van der Waals surface area contributed by atoms with Crippen molar-refractivity contribution >= 4 is 11.9 Å². The van der Waals surface area contributed by atoms with Crippen LogP contribution in [0.1, 0.15) is 0 Å². The smallest absolute Gasteiger partial charge is 0.475 e. The lowest BCUT2D eigenvalue weighted by atomic mass is 10.3. The quantitative estimate of drug-likeness (QED) is 0.657. The lowest BCUT2D eigenvalue weighted by molar-refractivity contribution is -0.192. The van der Waals surface area contributed by atoms with E-state index in [4.69, 9.17) is 20.4 Å². The van der Waals surface area contributed by atoms with Crippen LogP contribution in [-0.4, -0.2) is 60.9 Å². The molecule has 0 aromatic carbocycles. The summed E-state index contributed by atoms with van der Waals surface area (Å²) in [5.41, 5.74) is 5.04. The fourth-order valence-corrected chi connectivity index (χ4v) is 0.950. The van der Waals surface area contributed by atoms with Crippen LogP contribution in [0.3, 0.4) is 0 Å². The van der Waals surface area contributed by atoms with Gasteiger partial charge in [-0.15, -0.1) is 0 Å². The number of aliphatic carboxylic acids is 1. The van der Waals surface area contributed by atoms with Gasteiger partial charge in [0.15, 0.2) is 0 Å². The Balaban J connectivity index is 0.000000325. The molecule has 1 amide bonds. The molecule has 1 atom stereocenters. The fraction of sp³-hybridized carbons (Fsp3) is 0.750. The maximum absolute atomic E-state index is 10.6. The summed E-state index contributed by atoms with van der Waals surface area (Å²) in [4.78, 5) is 21.5. The monoisotopic (exact) mass is 258 g/mol. The second kappa shape index (κ2) is 6.40. The first kappa shape index (κ1) is 15.7. The maximum Gasteiger partial charge on any atom is 0.490 e. The molecule has 1 fully saturated rings. The summed E-state index contributed by atoms with van der Waals surface area (Å²) in [5, 5.41) is 7.12. The van der Waals surface area contributed by atoms with E-state index in [2.05, 4.69) is 0 Å². The van der Waals surface area contributed by atoms with E-state index in [-0.39, 0.29) is 5.91 Å². The Hall–Kier alpha value is -1.35. The van der Waals surface area contributed by atoms with Crippen LogP contribution in [0, 0.1) is 0 Å². The van der Waals surface area contributed by atoms with E-state index in [1.165, 1.54) is 0 Å². The second-order valence-corrected chi connectivity index (χ2v) is 3.33. The van der Waals surface area contributed by atoms with E-state index in [1.54, 1.807) is 0 Å². The van der Waals surface area contributed by atoms with Crippen molar-refractivity contribution in [1.29, 1.82) is 0 Å². The van der Waals surface area contributed by atoms with Crippen molar-refractivity contribution in [2.24, 2.45) is 5.73 Å². The number of carbonyl (C=O) groups excluding carboxylic acids is 1. The highest BCUT2D eigenvalue weighted by molar-refractivity contribution is 5.79. The normalized spacial score (nSPS) is 21.3. The molecule has 1 unspecified atom stereocenters. The summed E-state index contributed by atoms with van der Waals surface area (Å²) in [6.07, 6.45) is -5.49. The minimum atomic E-state index is -5.08. The number of hydrogen-bond acceptors (Lipinski definition) is 4. The third kappa shape index (κ3) is 6.74. The number of likely N-dealkylation sites (N-methyl/N-ethyl adjacent to an activating group) is 1. The molecular weight excluding hydrogens is 245 g/mol. The Morgan fingerprint density at radius 2 is 1.94 bits per heavy atom. The van der Waals surface area contributed by atoms with Gasteiger partial charge in [-0.05, 0) is 7.05 Å². The second-order valence-electron chi connectivity index (χ2n) is 3.33. The molecule has 0 spiro atoms. The number of hydrogen-bond donors (Lipinski definition) is 2. The van der Waals surface area contributed by atoms with Gasteiger partial charge in [-0.25, -0.2) is 4.79 Å². The molecular formula is C8H13F3N2O4. The van der Waals surface area contributed by atoms with Crippen molar-refractivity contribution in [2.45, 2.75) is 12.3 Å². The number of nitrogens with zero attached hydrogens (tertiary/aromatic N) is 1. The first-order chi connectivity index (χ1) is 7.64. The van der Waals surface area contributed by atoms with Crippen LogP contribution in [0.4, 0.5) is 13.2 Å². The van der Waals surface area contributed by atoms with Gasteiger partial charge in [0, 0.05) is 13.1 Å². The van der Waals surface area contributed by atoms with E-state index in [9.17, 15) is 18.0 Å². The van der Waals surface area contributed by atoms with Gasteiger partial charge in [-0.2, -0.15) is 13.2 Å². The predicted molar refractivity (Wildman–Crippen MR) is 50.1 cm³/mol. The molecule has 1 rings (SSSR count). The lowest BCUT2D eigenvalue weighted by Crippen LogP contribution is -2.46. The molecule has 1 saturated heterocycles. The zero-order valence-electron chi connectivity index (χ0n) is 9.03. The zero-order valence-corrected chi connectivity index (χ0v) is 9.03. The Kier molecular flexibility index (Phi) is 5.89. The lowest BCUT2D eigenvalue weighted by Gasteiger charge is -2.27. The van der Waals surface area contributed by atoms with Crippen molar-refractivity contribution in [1.82, 2.24) is 4.90 Å². The molecule has 1 heterocycles. The highest BCUT2D eigenvalue weighted by Gasteiger charge is 2.38. The largest absolute Gasteiger partial charge is 0.490 e. The third-order valence-electron chi connectivity index (χ3n) is 1.83. The number of primary amides is 1. The number of nitrogens with two attached hydrogens (primary N) is 1. The average Bonchev–Trinajstić information content (AvgIpc) is 2.17. The molecule has 17 heavy (non-hydrogen) atoms. The van der Waals surface area contributed by atoms with Crippen LogP contribution >= 0.6 is 0 Å². The Labute approximate surface area is 95.1 Å². The van der Waals surface area contributed by atoms with Crippen LogP contribution in [0.5, 0.6) is 0 Å². The number of halogens is 3. The topological polar surface area (TPSA) is 92.9 Å². The van der Waals surface area contributed by atoms with Crippen LogP contribution in [-0.2, 0) is 14.3 Å². The Morgan fingerprint density at radius 3 is 2.18 bits per heavy atom. The van der Waals surface area contributed by atoms with E-state index in [1.807, 2.05) is 11.9 Å². The van der Waals surface area contributed by atoms with Crippen molar-refractivity contribution in [3.63, 3.8) is 0 Å². The van der Waals surface area contributed by atoms with Gasteiger partial charge in [0.1, 0.15) is 6.10 Å². The van der Waals surface area contributed by atoms with Gasteiger partial charge >= 0.3 is 12.1 Å². The number of morpholine rings is 1. The predicted octanol–water partition coefficient (Wildman–Crippen LogP) is -0.564. The van der Waals surface area contributed by atoms with E-state index in [0.29, 0.717) is 13.2 Å². The summed E-state index contributed by atoms with van der Waals surface area (Å²) in [6.45, 7) is 2.10. The highest BCUT2D eigenvalue weighted by atomic mass is 19.4. The van der Waals surface area contributed by atoms with Gasteiger partial charge in [0.25, 0.3) is 0 Å². The standard InChI is InChI=1S/C6H12N2O2.C2HF3O2/c1-8-2-3-10-5(4-8)6(7)9;3-2(4,5)1(6)7/h5H,2-4H2,1H3,(H2,7,9);(H,6,7). The average molecular weight is 258 g/mol. The summed E-state index contributed by atoms with van der Waals surface area (Å²) in [7, 11) is 1.94. The van der Waals surface area contributed by atoms with Gasteiger partial charge in [-0.1, -0.05) is 0 Å². The zero-order chi connectivity index (χ0) is 13.6. The Bertz CT molecular complexity index is 282. The van der Waals surface area contributed by atoms with Gasteiger partial charge in [0.05, 0.1) is 6.61 Å². The van der Waals surface area contributed by atoms with Crippen molar-refractivity contribution in [3.05, 3.63) is 0 Å². The number of carboxylic acids is 1. The maximum atomic E-state index is 10.6. The number of ether oxygens (including phenoxy) is 1. The highest BCUT2D eigenvalue weighted by Crippen LogP contribution is 2.13. The fourth-order valence-electron chi connectivity index (χ4n) is 0.950. The number of carboxylic acid groups (broad SMARTS) is 1. The SMILES string of the molecule is CN1CCOC(C(N)=O)C1.O=C(O)C(F)(F)F. The molecule has 1 aliphatic rings. The molecule has 0 aliphatic carbocycles. The van der Waals surface area contributed by atoms with E-state index >= 15 is 0 Å². The Morgan fingerprint density at radius 1 is 1.47 bits per heavy atom. The molecule has 0 bridgehead atoms. The van der Waals surface area contributed by atoms with Crippen LogP contribution in [0.2, 0.25) is 0 Å². The molecule has 6 nitrogen and oxygen atoms in total. The minimum Gasteiger partial charge on any atom is -0.475 e. The van der Waals surface area contributed by atoms with Gasteiger partial charge in [-0.3, -0.25) is 4.79 Å². The molecule has 9 heteroatoms. The minimum absolute atomic E-state index is 0.369. The summed E-state index contributed by atoms with van der Waals surface area (Å²) in [6, 6.07) is 0. The molecule has 3 N–H and O–H groups in total. The molecule has 1 aliphatic heterocycles. The summed E-state index contributed by atoms with van der Waals surface area (Å²) >= 11 is 0. The number of carbonyl (C=O) groups is 2. The van der Waals surface area contributed by atoms with Gasteiger partial charge < -0.3 is 20.5 Å². The summed E-state index contributed by atoms with van der Waals surface area (Å²) in [5.74, 6) is -3.13. The van der Waals surface area contributed by atoms with E-state index in [0.717, 1.165) is 6.54 Å². The number of rotatable bonds is 1. The number of amides is 1. The third-order valence-corrected chi connectivity index (χ3v) is 1.83. The van der Waals surface area contributed by atoms with Crippen molar-refractivity contribution < 1.29 is 32.6 Å². The summed E-state index contributed by atoms with van der Waals surface area (Å²) < 4.78 is 36.8. The van der Waals surface area contributed by atoms with Crippen molar-refractivity contribution in [2.75, 3.05) is 26.7 Å². The molecule has 0 aromatic rings. The van der Waals surface area contributed by atoms with Crippen LogP contribution in [0.15, 0.2) is 0 Å². The van der Waals surface area contributed by atoms with Crippen molar-refractivity contribution in [3.8, 4) is 0 Å². The number of alkyl halides is 3.